The van der Waals surface area contributed by atoms with Crippen LogP contribution in [-0.2, 0) is 6.42 Å². The number of fused-ring (bicyclic) bond motifs is 1. The Bertz CT molecular complexity index is 277. The van der Waals surface area contributed by atoms with Crippen LogP contribution in [-0.4, -0.2) is 6.04 Å². The molecule has 0 saturated heterocycles. The Kier molecular flexibility index (Phi) is 2.70. The minimum atomic E-state index is 0.315. The predicted molar refractivity (Wildman–Crippen MR) is 58.3 cm³/mol. The SMILES string of the molecule is C[C@H](N)[C@H]1CCCCc2ccsc21. The number of thiophene rings is 1. The highest BCUT2D eigenvalue weighted by Gasteiger charge is 2.22. The molecular formula is C11H17NS. The second kappa shape index (κ2) is 3.81. The van der Waals surface area contributed by atoms with Crippen molar-refractivity contribution in [1.82, 2.24) is 0 Å². The maximum Gasteiger partial charge on any atom is 0.0123 e. The van der Waals surface area contributed by atoms with E-state index in [9.17, 15) is 0 Å². The van der Waals surface area contributed by atoms with E-state index in [4.69, 9.17) is 5.73 Å². The molecule has 13 heavy (non-hydrogen) atoms. The topological polar surface area (TPSA) is 26.0 Å². The molecule has 0 fully saturated rings. The first kappa shape index (κ1) is 9.22. The minimum Gasteiger partial charge on any atom is -0.327 e. The van der Waals surface area contributed by atoms with Crippen molar-refractivity contribution in [2.45, 2.75) is 44.6 Å². The molecule has 1 aliphatic carbocycles. The molecule has 0 radical (unpaired) electrons. The van der Waals surface area contributed by atoms with Gasteiger partial charge in [0.05, 0.1) is 0 Å². The van der Waals surface area contributed by atoms with Crippen molar-refractivity contribution in [3.05, 3.63) is 21.9 Å². The Morgan fingerprint density at radius 1 is 1.54 bits per heavy atom. The Balaban J connectivity index is 2.30. The quantitative estimate of drug-likeness (QED) is 0.685. The highest BCUT2D eigenvalue weighted by atomic mass is 32.1. The van der Waals surface area contributed by atoms with Crippen molar-refractivity contribution in [2.75, 3.05) is 0 Å². The van der Waals surface area contributed by atoms with Gasteiger partial charge in [-0.25, -0.2) is 0 Å². The summed E-state index contributed by atoms with van der Waals surface area (Å²) >= 11 is 1.90. The van der Waals surface area contributed by atoms with Gasteiger partial charge in [-0.15, -0.1) is 11.3 Å². The molecule has 0 amide bonds. The summed E-state index contributed by atoms with van der Waals surface area (Å²) in [6, 6.07) is 2.59. The summed E-state index contributed by atoms with van der Waals surface area (Å²) in [6.07, 6.45) is 5.23. The van der Waals surface area contributed by atoms with Gasteiger partial charge in [-0.05, 0) is 43.2 Å². The van der Waals surface area contributed by atoms with Gasteiger partial charge in [-0.2, -0.15) is 0 Å². The molecule has 0 aromatic carbocycles. The molecule has 0 aliphatic heterocycles. The van der Waals surface area contributed by atoms with E-state index in [0.29, 0.717) is 12.0 Å². The van der Waals surface area contributed by atoms with E-state index < -0.39 is 0 Å². The molecule has 0 saturated carbocycles. The Hall–Kier alpha value is -0.340. The molecule has 0 spiro atoms. The minimum absolute atomic E-state index is 0.315. The van der Waals surface area contributed by atoms with Gasteiger partial charge in [-0.1, -0.05) is 6.42 Å². The Morgan fingerprint density at radius 2 is 2.38 bits per heavy atom. The van der Waals surface area contributed by atoms with E-state index in [-0.39, 0.29) is 0 Å². The number of hydrogen-bond donors (Lipinski definition) is 1. The van der Waals surface area contributed by atoms with Gasteiger partial charge < -0.3 is 5.73 Å². The van der Waals surface area contributed by atoms with Crippen LogP contribution in [0.3, 0.4) is 0 Å². The van der Waals surface area contributed by atoms with Crippen LogP contribution in [0.5, 0.6) is 0 Å². The lowest BCUT2D eigenvalue weighted by Gasteiger charge is -2.18. The monoisotopic (exact) mass is 195 g/mol. The number of aryl methyl sites for hydroxylation is 1. The van der Waals surface area contributed by atoms with Crippen molar-refractivity contribution >= 4 is 11.3 Å². The molecule has 1 aromatic heterocycles. The van der Waals surface area contributed by atoms with Crippen molar-refractivity contribution in [1.29, 1.82) is 0 Å². The molecule has 2 heteroatoms. The Labute approximate surface area is 84.0 Å². The largest absolute Gasteiger partial charge is 0.327 e. The summed E-state index contributed by atoms with van der Waals surface area (Å²) in [5.74, 6) is 0.623. The lowest BCUT2D eigenvalue weighted by atomic mass is 9.95. The first-order chi connectivity index (χ1) is 6.29. The first-order valence-corrected chi connectivity index (χ1v) is 5.99. The smallest absolute Gasteiger partial charge is 0.0123 e. The fourth-order valence-electron chi connectivity index (χ4n) is 2.19. The van der Waals surface area contributed by atoms with Gasteiger partial charge in [0.25, 0.3) is 0 Å². The van der Waals surface area contributed by atoms with E-state index in [1.807, 2.05) is 11.3 Å². The van der Waals surface area contributed by atoms with Crippen LogP contribution >= 0.6 is 11.3 Å². The Morgan fingerprint density at radius 3 is 3.15 bits per heavy atom. The second-order valence-corrected chi connectivity index (χ2v) is 4.97. The van der Waals surface area contributed by atoms with Crippen LogP contribution in [0.4, 0.5) is 0 Å². The summed E-state index contributed by atoms with van der Waals surface area (Å²) in [5.41, 5.74) is 7.58. The molecular weight excluding hydrogens is 178 g/mol. The zero-order valence-electron chi connectivity index (χ0n) is 8.12. The van der Waals surface area contributed by atoms with Crippen LogP contribution in [0, 0.1) is 0 Å². The fourth-order valence-corrected chi connectivity index (χ4v) is 3.40. The van der Waals surface area contributed by atoms with E-state index in [0.717, 1.165) is 0 Å². The van der Waals surface area contributed by atoms with Gasteiger partial charge in [0.1, 0.15) is 0 Å². The summed E-state index contributed by atoms with van der Waals surface area (Å²) in [4.78, 5) is 1.56. The molecule has 1 aromatic rings. The van der Waals surface area contributed by atoms with Crippen LogP contribution < -0.4 is 5.73 Å². The van der Waals surface area contributed by atoms with Gasteiger partial charge in [-0.3, -0.25) is 0 Å². The summed E-state index contributed by atoms with van der Waals surface area (Å²) < 4.78 is 0. The van der Waals surface area contributed by atoms with Crippen LogP contribution in [0.25, 0.3) is 0 Å². The van der Waals surface area contributed by atoms with Crippen LogP contribution in [0.15, 0.2) is 11.4 Å². The summed E-state index contributed by atoms with van der Waals surface area (Å²) in [6.45, 7) is 2.14. The zero-order valence-corrected chi connectivity index (χ0v) is 8.94. The van der Waals surface area contributed by atoms with Crippen molar-refractivity contribution in [3.8, 4) is 0 Å². The molecule has 2 atom stereocenters. The average Bonchev–Trinajstić information content (AvgIpc) is 2.44. The molecule has 1 nitrogen and oxygen atoms in total. The lowest BCUT2D eigenvalue weighted by Crippen LogP contribution is -2.24. The van der Waals surface area contributed by atoms with E-state index in [1.165, 1.54) is 25.7 Å². The molecule has 1 aliphatic rings. The summed E-state index contributed by atoms with van der Waals surface area (Å²) in [7, 11) is 0. The van der Waals surface area contributed by atoms with Gasteiger partial charge in [0.2, 0.25) is 0 Å². The molecule has 0 unspecified atom stereocenters. The fraction of sp³-hybridized carbons (Fsp3) is 0.636. The second-order valence-electron chi connectivity index (χ2n) is 4.02. The van der Waals surface area contributed by atoms with Crippen molar-refractivity contribution in [3.63, 3.8) is 0 Å². The van der Waals surface area contributed by atoms with Crippen LogP contribution in [0.2, 0.25) is 0 Å². The highest BCUT2D eigenvalue weighted by molar-refractivity contribution is 7.10. The predicted octanol–water partition coefficient (Wildman–Crippen LogP) is 2.91. The first-order valence-electron chi connectivity index (χ1n) is 5.11. The van der Waals surface area contributed by atoms with E-state index >= 15 is 0 Å². The lowest BCUT2D eigenvalue weighted by molar-refractivity contribution is 0.523. The zero-order chi connectivity index (χ0) is 9.26. The van der Waals surface area contributed by atoms with Crippen LogP contribution in [0.1, 0.15) is 42.5 Å². The maximum atomic E-state index is 6.02. The third kappa shape index (κ3) is 1.79. The molecule has 1 heterocycles. The van der Waals surface area contributed by atoms with Crippen molar-refractivity contribution < 1.29 is 0 Å². The van der Waals surface area contributed by atoms with E-state index in [2.05, 4.69) is 18.4 Å². The average molecular weight is 195 g/mol. The maximum absolute atomic E-state index is 6.02. The third-order valence-corrected chi connectivity index (χ3v) is 4.05. The van der Waals surface area contributed by atoms with E-state index in [1.54, 1.807) is 10.4 Å². The van der Waals surface area contributed by atoms with Gasteiger partial charge in [0.15, 0.2) is 0 Å². The van der Waals surface area contributed by atoms with Crippen molar-refractivity contribution in [2.24, 2.45) is 5.73 Å². The molecule has 72 valence electrons. The molecule has 0 bridgehead atoms. The molecule has 2 N–H and O–H groups in total. The standard InChI is InChI=1S/C11H17NS/c1-8(12)10-5-3-2-4-9-6-7-13-11(9)10/h6-8,10H,2-5,12H2,1H3/t8-,10+/m0/s1. The highest BCUT2D eigenvalue weighted by Crippen LogP contribution is 2.35. The number of nitrogens with two attached hydrogens (primary N) is 1. The molecule has 2 rings (SSSR count). The van der Waals surface area contributed by atoms with Gasteiger partial charge in [0, 0.05) is 16.8 Å². The normalized spacial score (nSPS) is 24.9. The number of hydrogen-bond acceptors (Lipinski definition) is 2. The number of rotatable bonds is 1. The van der Waals surface area contributed by atoms with Gasteiger partial charge >= 0.3 is 0 Å². The third-order valence-electron chi connectivity index (χ3n) is 2.96. The summed E-state index contributed by atoms with van der Waals surface area (Å²) in [5, 5.41) is 2.21.